The van der Waals surface area contributed by atoms with Crippen molar-refractivity contribution in [1.82, 2.24) is 0 Å². The molecule has 0 amide bonds. The molecule has 1 aromatic rings. The zero-order valence-electron chi connectivity index (χ0n) is 7.84. The van der Waals surface area contributed by atoms with Gasteiger partial charge in [0.05, 0.1) is 16.2 Å². The second-order valence-corrected chi connectivity index (χ2v) is 3.22. The number of carboxylic acids is 1. The van der Waals surface area contributed by atoms with Gasteiger partial charge in [-0.1, -0.05) is 0 Å². The zero-order chi connectivity index (χ0) is 12.3. The van der Waals surface area contributed by atoms with Crippen LogP contribution in [0.2, 0.25) is 0 Å². The first-order valence-electron chi connectivity index (χ1n) is 4.00. The predicted molar refractivity (Wildman–Crippen MR) is 60.5 cm³/mol. The lowest BCUT2D eigenvalue weighted by Crippen LogP contribution is -2.20. The zero-order valence-corrected chi connectivity index (χ0v) is 8.65. The first-order valence-corrected chi connectivity index (χ1v) is 4.41. The molecule has 4 N–H and O–H groups in total. The van der Waals surface area contributed by atoms with Gasteiger partial charge in [-0.05, 0) is 18.3 Å². The molecule has 0 aromatic heterocycles. The molecule has 0 aliphatic carbocycles. The van der Waals surface area contributed by atoms with Crippen LogP contribution < -0.4 is 11.1 Å². The highest BCUT2D eigenvalue weighted by Gasteiger charge is 2.15. The number of nitro benzene ring substituents is 1. The molecule has 0 heterocycles. The normalized spacial score (nSPS) is 9.50. The van der Waals surface area contributed by atoms with Crippen LogP contribution in [0.25, 0.3) is 0 Å². The molecule has 0 radical (unpaired) electrons. The summed E-state index contributed by atoms with van der Waals surface area (Å²) in [6, 6.07) is 3.26. The number of rotatable bonds is 3. The number of non-ortho nitro benzene ring substituents is 1. The fourth-order valence-electron chi connectivity index (χ4n) is 1.07. The van der Waals surface area contributed by atoms with Crippen LogP contribution in [0.5, 0.6) is 0 Å². The first-order chi connectivity index (χ1) is 7.41. The second-order valence-electron chi connectivity index (χ2n) is 2.78. The van der Waals surface area contributed by atoms with E-state index >= 15 is 0 Å². The summed E-state index contributed by atoms with van der Waals surface area (Å²) in [5.41, 5.74) is 4.78. The third-order valence-corrected chi connectivity index (χ3v) is 1.80. The van der Waals surface area contributed by atoms with Crippen LogP contribution in [0.15, 0.2) is 18.2 Å². The molecular weight excluding hydrogens is 234 g/mol. The third-order valence-electron chi connectivity index (χ3n) is 1.70. The van der Waals surface area contributed by atoms with Crippen LogP contribution in [0, 0.1) is 10.1 Å². The molecule has 0 bridgehead atoms. The minimum atomic E-state index is -1.23. The van der Waals surface area contributed by atoms with Crippen molar-refractivity contribution >= 4 is 34.7 Å². The highest BCUT2D eigenvalue weighted by Crippen LogP contribution is 2.22. The Hall–Kier alpha value is -2.22. The van der Waals surface area contributed by atoms with E-state index < -0.39 is 10.9 Å². The average Bonchev–Trinajstić information content (AvgIpc) is 2.15. The number of nitrogens with one attached hydrogen (secondary N) is 1. The first kappa shape index (κ1) is 11.9. The number of hydrogen-bond acceptors (Lipinski definition) is 4. The van der Waals surface area contributed by atoms with Crippen LogP contribution in [0.3, 0.4) is 0 Å². The number of carboxylic acid groups (broad SMARTS) is 1. The lowest BCUT2D eigenvalue weighted by atomic mass is 10.1. The van der Waals surface area contributed by atoms with Gasteiger partial charge in [0.25, 0.3) is 5.69 Å². The monoisotopic (exact) mass is 241 g/mol. The summed E-state index contributed by atoms with van der Waals surface area (Å²) in [6.07, 6.45) is 0. The molecule has 0 fully saturated rings. The molecule has 0 spiro atoms. The Labute approximate surface area is 95.0 Å². The molecule has 1 aromatic carbocycles. The van der Waals surface area contributed by atoms with Crippen LogP contribution >= 0.6 is 12.2 Å². The van der Waals surface area contributed by atoms with E-state index in [4.69, 9.17) is 10.8 Å². The van der Waals surface area contributed by atoms with Gasteiger partial charge in [0.15, 0.2) is 5.11 Å². The molecule has 7 nitrogen and oxygen atoms in total. The van der Waals surface area contributed by atoms with E-state index in [0.717, 1.165) is 18.2 Å². The summed E-state index contributed by atoms with van der Waals surface area (Å²) in [4.78, 5) is 20.6. The molecule has 0 saturated carbocycles. The molecule has 0 unspecified atom stereocenters. The standard InChI is InChI=1S/C8H7N3O4S/c9-8(16)10-6-3-4(11(14)15)1-2-5(6)7(12)13/h1-3H,(H,12,13)(H3,9,10,16). The number of thiocarbonyl (C=S) groups is 1. The lowest BCUT2D eigenvalue weighted by Gasteiger charge is -2.06. The highest BCUT2D eigenvalue weighted by molar-refractivity contribution is 7.80. The average molecular weight is 241 g/mol. The molecule has 1 rings (SSSR count). The Balaban J connectivity index is 3.26. The van der Waals surface area contributed by atoms with Crippen LogP contribution in [-0.4, -0.2) is 21.1 Å². The topological polar surface area (TPSA) is 118 Å². The minimum absolute atomic E-state index is 0.00537. The number of nitrogens with zero attached hydrogens (tertiary/aromatic N) is 1. The third kappa shape index (κ3) is 2.64. The molecule has 16 heavy (non-hydrogen) atoms. The van der Waals surface area contributed by atoms with Crippen LogP contribution in [0.1, 0.15) is 10.4 Å². The van der Waals surface area contributed by atoms with Crippen molar-refractivity contribution in [3.8, 4) is 0 Å². The van der Waals surface area contributed by atoms with Gasteiger partial charge in [-0.15, -0.1) is 0 Å². The number of benzene rings is 1. The highest BCUT2D eigenvalue weighted by atomic mass is 32.1. The van der Waals surface area contributed by atoms with E-state index in [-0.39, 0.29) is 22.1 Å². The van der Waals surface area contributed by atoms with Crippen molar-refractivity contribution < 1.29 is 14.8 Å². The van der Waals surface area contributed by atoms with Crippen molar-refractivity contribution in [3.05, 3.63) is 33.9 Å². The molecular formula is C8H7N3O4S. The van der Waals surface area contributed by atoms with Gasteiger partial charge in [-0.3, -0.25) is 10.1 Å². The summed E-state index contributed by atoms with van der Waals surface area (Å²) in [7, 11) is 0. The number of hydrogen-bond donors (Lipinski definition) is 3. The Kier molecular flexibility index (Phi) is 3.36. The van der Waals surface area contributed by atoms with E-state index in [0.29, 0.717) is 0 Å². The number of carbonyl (C=O) groups is 1. The van der Waals surface area contributed by atoms with Gasteiger partial charge < -0.3 is 16.2 Å². The van der Waals surface area contributed by atoms with Gasteiger partial charge in [0.2, 0.25) is 0 Å². The number of anilines is 1. The molecule has 84 valence electrons. The summed E-state index contributed by atoms with van der Waals surface area (Å²) in [6.45, 7) is 0. The van der Waals surface area contributed by atoms with Crippen molar-refractivity contribution in [1.29, 1.82) is 0 Å². The van der Waals surface area contributed by atoms with E-state index in [1.165, 1.54) is 0 Å². The van der Waals surface area contributed by atoms with Gasteiger partial charge in [-0.25, -0.2) is 4.79 Å². The SMILES string of the molecule is NC(=S)Nc1cc([N+](=O)[O-])ccc1C(=O)O. The van der Waals surface area contributed by atoms with E-state index in [1.54, 1.807) is 0 Å². The Morgan fingerprint density at radius 1 is 1.56 bits per heavy atom. The van der Waals surface area contributed by atoms with Crippen molar-refractivity contribution in [2.75, 3.05) is 5.32 Å². The van der Waals surface area contributed by atoms with Gasteiger partial charge >= 0.3 is 5.97 Å². The summed E-state index contributed by atoms with van der Waals surface area (Å²) < 4.78 is 0. The number of nitrogens with two attached hydrogens (primary N) is 1. The number of aromatic carboxylic acids is 1. The number of nitro groups is 1. The van der Waals surface area contributed by atoms with Crippen molar-refractivity contribution in [2.24, 2.45) is 5.73 Å². The maximum absolute atomic E-state index is 10.8. The van der Waals surface area contributed by atoms with Crippen LogP contribution in [-0.2, 0) is 0 Å². The summed E-state index contributed by atoms with van der Waals surface area (Å²) >= 11 is 4.54. The Morgan fingerprint density at radius 2 is 2.19 bits per heavy atom. The van der Waals surface area contributed by atoms with Crippen molar-refractivity contribution in [2.45, 2.75) is 0 Å². The van der Waals surface area contributed by atoms with Gasteiger partial charge in [0, 0.05) is 12.1 Å². The maximum Gasteiger partial charge on any atom is 0.337 e. The summed E-state index contributed by atoms with van der Waals surface area (Å²) in [5, 5.41) is 21.5. The molecule has 0 aliphatic rings. The van der Waals surface area contributed by atoms with Crippen LogP contribution in [0.4, 0.5) is 11.4 Å². The fraction of sp³-hybridized carbons (Fsp3) is 0. The van der Waals surface area contributed by atoms with E-state index in [9.17, 15) is 14.9 Å². The smallest absolute Gasteiger partial charge is 0.337 e. The fourth-order valence-corrected chi connectivity index (χ4v) is 1.18. The quantitative estimate of drug-likeness (QED) is 0.409. The van der Waals surface area contributed by atoms with Crippen molar-refractivity contribution in [3.63, 3.8) is 0 Å². The minimum Gasteiger partial charge on any atom is -0.478 e. The van der Waals surface area contributed by atoms with E-state index in [2.05, 4.69) is 17.5 Å². The Morgan fingerprint density at radius 3 is 2.62 bits per heavy atom. The molecule has 8 heteroatoms. The molecule has 0 saturated heterocycles. The second kappa shape index (κ2) is 4.53. The van der Waals surface area contributed by atoms with E-state index in [1.807, 2.05) is 0 Å². The summed E-state index contributed by atoms with van der Waals surface area (Å²) in [5.74, 6) is -1.23. The molecule has 0 atom stereocenters. The Bertz CT molecular complexity index is 474. The molecule has 0 aliphatic heterocycles. The van der Waals surface area contributed by atoms with Gasteiger partial charge in [-0.2, -0.15) is 0 Å². The predicted octanol–water partition coefficient (Wildman–Crippen LogP) is 0.948. The lowest BCUT2D eigenvalue weighted by molar-refractivity contribution is -0.384. The largest absolute Gasteiger partial charge is 0.478 e. The van der Waals surface area contributed by atoms with Gasteiger partial charge in [0.1, 0.15) is 0 Å². The maximum atomic E-state index is 10.8.